The van der Waals surface area contributed by atoms with Crippen LogP contribution in [0, 0.1) is 10.1 Å². The Morgan fingerprint density at radius 1 is 1.32 bits per heavy atom. The number of hydrogen-bond acceptors (Lipinski definition) is 5. The SMILES string of the molecule is C[C@H]1CCC[C@H](C)N1C(=O)Cn1cnc2ccc([N+](=O)[O-])cc2c1=O. The van der Waals surface area contributed by atoms with Crippen molar-refractivity contribution in [1.29, 1.82) is 0 Å². The summed E-state index contributed by atoms with van der Waals surface area (Å²) in [6.45, 7) is 3.91. The number of non-ortho nitro benzene ring substituents is 1. The van der Waals surface area contributed by atoms with Crippen LogP contribution in [0.15, 0.2) is 29.3 Å². The normalized spacial score (nSPS) is 20.6. The first-order chi connectivity index (χ1) is 11.9. The summed E-state index contributed by atoms with van der Waals surface area (Å²) in [5.41, 5.74) is -0.243. The molecule has 1 aromatic heterocycles. The standard InChI is InChI=1S/C17H20N4O4/c1-11-4-3-5-12(2)20(11)16(22)9-19-10-18-15-7-6-13(21(24)25)8-14(15)17(19)23/h6-8,10-12H,3-5,9H2,1-2H3/t11-,12-/m0/s1. The Kier molecular flexibility index (Phi) is 4.52. The van der Waals surface area contributed by atoms with Gasteiger partial charge < -0.3 is 4.90 Å². The van der Waals surface area contributed by atoms with Crippen molar-refractivity contribution in [2.24, 2.45) is 0 Å². The number of carbonyl (C=O) groups is 1. The minimum atomic E-state index is -0.557. The molecule has 1 aliphatic rings. The van der Waals surface area contributed by atoms with E-state index in [1.165, 1.54) is 29.1 Å². The molecule has 1 aromatic carbocycles. The number of rotatable bonds is 3. The maximum absolute atomic E-state index is 12.7. The Bertz CT molecular complexity index is 882. The van der Waals surface area contributed by atoms with E-state index < -0.39 is 10.5 Å². The molecule has 0 N–H and O–H groups in total. The Labute approximate surface area is 144 Å². The fraction of sp³-hybridized carbons (Fsp3) is 0.471. The topological polar surface area (TPSA) is 98.3 Å². The van der Waals surface area contributed by atoms with E-state index in [4.69, 9.17) is 0 Å². The number of likely N-dealkylation sites (tertiary alicyclic amines) is 1. The molecule has 132 valence electrons. The van der Waals surface area contributed by atoms with Crippen LogP contribution in [0.5, 0.6) is 0 Å². The molecule has 0 spiro atoms. The molecule has 0 saturated carbocycles. The van der Waals surface area contributed by atoms with E-state index >= 15 is 0 Å². The molecule has 1 amide bonds. The number of benzene rings is 1. The van der Waals surface area contributed by atoms with Crippen LogP contribution < -0.4 is 5.56 Å². The van der Waals surface area contributed by atoms with Crippen LogP contribution >= 0.6 is 0 Å². The van der Waals surface area contributed by atoms with E-state index in [0.717, 1.165) is 19.3 Å². The summed E-state index contributed by atoms with van der Waals surface area (Å²) in [6, 6.07) is 4.23. The van der Waals surface area contributed by atoms with Crippen molar-refractivity contribution in [2.75, 3.05) is 0 Å². The second-order valence-corrected chi connectivity index (χ2v) is 6.57. The van der Waals surface area contributed by atoms with E-state index in [0.29, 0.717) is 5.52 Å². The average Bonchev–Trinajstić information content (AvgIpc) is 2.57. The Balaban J connectivity index is 1.93. The van der Waals surface area contributed by atoms with E-state index in [-0.39, 0.29) is 35.6 Å². The molecule has 8 heteroatoms. The molecule has 1 saturated heterocycles. The van der Waals surface area contributed by atoms with E-state index in [1.54, 1.807) is 0 Å². The van der Waals surface area contributed by atoms with Crippen molar-refractivity contribution in [3.05, 3.63) is 45.0 Å². The van der Waals surface area contributed by atoms with Crippen molar-refractivity contribution in [1.82, 2.24) is 14.5 Å². The van der Waals surface area contributed by atoms with E-state index in [2.05, 4.69) is 4.98 Å². The Morgan fingerprint density at radius 2 is 2.00 bits per heavy atom. The first-order valence-electron chi connectivity index (χ1n) is 8.33. The van der Waals surface area contributed by atoms with Crippen molar-refractivity contribution >= 4 is 22.5 Å². The molecule has 2 atom stereocenters. The highest BCUT2D eigenvalue weighted by Gasteiger charge is 2.29. The summed E-state index contributed by atoms with van der Waals surface area (Å²) < 4.78 is 1.22. The fourth-order valence-corrected chi connectivity index (χ4v) is 3.51. The molecule has 1 aliphatic heterocycles. The van der Waals surface area contributed by atoms with Crippen LogP contribution in [-0.2, 0) is 11.3 Å². The monoisotopic (exact) mass is 344 g/mol. The van der Waals surface area contributed by atoms with Gasteiger partial charge in [-0.15, -0.1) is 0 Å². The van der Waals surface area contributed by atoms with Crippen LogP contribution in [0.4, 0.5) is 5.69 Å². The van der Waals surface area contributed by atoms with Crippen molar-refractivity contribution in [3.8, 4) is 0 Å². The highest BCUT2D eigenvalue weighted by atomic mass is 16.6. The molecule has 1 fully saturated rings. The van der Waals surface area contributed by atoms with Crippen molar-refractivity contribution in [3.63, 3.8) is 0 Å². The Morgan fingerprint density at radius 3 is 2.64 bits per heavy atom. The lowest BCUT2D eigenvalue weighted by Crippen LogP contribution is -2.49. The predicted octanol–water partition coefficient (Wildman–Crippen LogP) is 2.09. The number of nitro groups is 1. The van der Waals surface area contributed by atoms with Crippen molar-refractivity contribution < 1.29 is 9.72 Å². The fourth-order valence-electron chi connectivity index (χ4n) is 3.51. The molecule has 2 heterocycles. The van der Waals surface area contributed by atoms with Gasteiger partial charge in [-0.2, -0.15) is 0 Å². The molecule has 8 nitrogen and oxygen atoms in total. The van der Waals surface area contributed by atoms with Gasteiger partial charge in [0.15, 0.2) is 0 Å². The van der Waals surface area contributed by atoms with Crippen LogP contribution in [-0.4, -0.2) is 37.4 Å². The van der Waals surface area contributed by atoms with E-state index in [1.807, 2.05) is 18.7 Å². The van der Waals surface area contributed by atoms with Gasteiger partial charge in [0.05, 0.1) is 22.2 Å². The molecule has 0 radical (unpaired) electrons. The molecule has 25 heavy (non-hydrogen) atoms. The maximum Gasteiger partial charge on any atom is 0.270 e. The van der Waals surface area contributed by atoms with Crippen LogP contribution in [0.1, 0.15) is 33.1 Å². The van der Waals surface area contributed by atoms with Gasteiger partial charge in [-0.05, 0) is 39.2 Å². The number of nitro benzene ring substituents is 1. The van der Waals surface area contributed by atoms with Gasteiger partial charge in [0.2, 0.25) is 5.91 Å². The molecule has 2 aromatic rings. The number of nitrogens with zero attached hydrogens (tertiary/aromatic N) is 4. The second-order valence-electron chi connectivity index (χ2n) is 6.57. The summed E-state index contributed by atoms with van der Waals surface area (Å²) in [7, 11) is 0. The minimum Gasteiger partial charge on any atom is -0.336 e. The highest BCUT2D eigenvalue weighted by Crippen LogP contribution is 2.23. The van der Waals surface area contributed by atoms with Gasteiger partial charge >= 0.3 is 0 Å². The number of amides is 1. The average molecular weight is 344 g/mol. The molecular weight excluding hydrogens is 324 g/mol. The van der Waals surface area contributed by atoms with Gasteiger partial charge in [-0.1, -0.05) is 0 Å². The molecule has 0 aliphatic carbocycles. The lowest BCUT2D eigenvalue weighted by molar-refractivity contribution is -0.384. The highest BCUT2D eigenvalue weighted by molar-refractivity contribution is 5.81. The zero-order valence-corrected chi connectivity index (χ0v) is 14.2. The molecular formula is C17H20N4O4. The van der Waals surface area contributed by atoms with Gasteiger partial charge in [0.25, 0.3) is 11.2 Å². The minimum absolute atomic E-state index is 0.112. The van der Waals surface area contributed by atoms with E-state index in [9.17, 15) is 19.7 Å². The molecule has 0 bridgehead atoms. The van der Waals surface area contributed by atoms with Crippen LogP contribution in [0.25, 0.3) is 10.9 Å². The second kappa shape index (κ2) is 6.62. The van der Waals surface area contributed by atoms with Crippen LogP contribution in [0.2, 0.25) is 0 Å². The van der Waals surface area contributed by atoms with Crippen LogP contribution in [0.3, 0.4) is 0 Å². The third-order valence-electron chi connectivity index (χ3n) is 4.81. The first kappa shape index (κ1) is 17.1. The number of carbonyl (C=O) groups excluding carboxylic acids is 1. The number of hydrogen-bond donors (Lipinski definition) is 0. The summed E-state index contributed by atoms with van der Waals surface area (Å²) in [4.78, 5) is 41.6. The zero-order valence-electron chi connectivity index (χ0n) is 14.2. The number of fused-ring (bicyclic) bond motifs is 1. The summed E-state index contributed by atoms with van der Waals surface area (Å²) in [5.74, 6) is -0.131. The summed E-state index contributed by atoms with van der Waals surface area (Å²) in [5, 5.41) is 11.1. The lowest BCUT2D eigenvalue weighted by Gasteiger charge is -2.39. The zero-order chi connectivity index (χ0) is 18.1. The molecule has 0 unspecified atom stereocenters. The quantitative estimate of drug-likeness (QED) is 0.627. The third kappa shape index (κ3) is 3.24. The smallest absolute Gasteiger partial charge is 0.270 e. The number of aromatic nitrogens is 2. The van der Waals surface area contributed by atoms with Gasteiger partial charge in [0, 0.05) is 24.2 Å². The van der Waals surface area contributed by atoms with Gasteiger partial charge in [-0.3, -0.25) is 24.3 Å². The largest absolute Gasteiger partial charge is 0.336 e. The summed E-state index contributed by atoms with van der Waals surface area (Å²) >= 11 is 0. The Hall–Kier alpha value is -2.77. The predicted molar refractivity (Wildman–Crippen MR) is 92.3 cm³/mol. The van der Waals surface area contributed by atoms with Gasteiger partial charge in [-0.25, -0.2) is 4.98 Å². The first-order valence-corrected chi connectivity index (χ1v) is 8.33. The third-order valence-corrected chi connectivity index (χ3v) is 4.81. The number of piperidine rings is 1. The lowest BCUT2D eigenvalue weighted by atomic mass is 9.97. The van der Waals surface area contributed by atoms with Gasteiger partial charge in [0.1, 0.15) is 6.54 Å². The van der Waals surface area contributed by atoms with Crippen molar-refractivity contribution in [2.45, 2.75) is 51.7 Å². The maximum atomic E-state index is 12.7. The summed E-state index contributed by atoms with van der Waals surface area (Å²) in [6.07, 6.45) is 4.32. The molecule has 3 rings (SSSR count).